The Bertz CT molecular complexity index is 2390. The number of pyridine rings is 1. The van der Waals surface area contributed by atoms with Gasteiger partial charge < -0.3 is 20.4 Å². The molecule has 4 atom stereocenters. The predicted octanol–water partition coefficient (Wildman–Crippen LogP) is 3.66. The monoisotopic (exact) mass is 733 g/mol. The maximum Gasteiger partial charge on any atom is 0.329 e. The number of nitrogens with zero attached hydrogens (tertiary/aromatic N) is 6. The number of rotatable bonds is 4. The van der Waals surface area contributed by atoms with E-state index < -0.39 is 11.9 Å². The second kappa shape index (κ2) is 12.3. The Morgan fingerprint density at radius 1 is 0.887 bits per heavy atom. The SMILES string of the molecule is C[C@@H]1CNc2c(sc3ccc4nc(N5CCN(C6CC7CN(c8ccc9c(c8)n(C)c(=O)n9C8CCC(=O)NC8=O)CC7C6)CC5)ccc4c23)C(=O)N1. The fourth-order valence-electron chi connectivity index (χ4n) is 9.76. The zero-order valence-electron chi connectivity index (χ0n) is 29.9. The van der Waals surface area contributed by atoms with Crippen molar-refractivity contribution in [3.63, 3.8) is 0 Å². The summed E-state index contributed by atoms with van der Waals surface area (Å²) in [6, 6.07) is 14.6. The van der Waals surface area contributed by atoms with Crippen LogP contribution in [0.4, 0.5) is 17.2 Å². The fourth-order valence-corrected chi connectivity index (χ4v) is 10.9. The molecular formula is C39H43N9O4S. The van der Waals surface area contributed by atoms with Crippen molar-refractivity contribution in [3.8, 4) is 0 Å². The molecule has 5 aromatic rings. The van der Waals surface area contributed by atoms with Gasteiger partial charge in [-0.15, -0.1) is 11.3 Å². The molecule has 14 heteroatoms. The van der Waals surface area contributed by atoms with Crippen LogP contribution in [0.3, 0.4) is 0 Å². The number of hydrogen-bond acceptors (Lipinski definition) is 10. The van der Waals surface area contributed by atoms with Crippen molar-refractivity contribution in [2.45, 2.75) is 50.7 Å². The van der Waals surface area contributed by atoms with Gasteiger partial charge in [-0.2, -0.15) is 0 Å². The van der Waals surface area contributed by atoms with E-state index in [0.717, 1.165) is 93.4 Å². The van der Waals surface area contributed by atoms with Crippen LogP contribution in [0.2, 0.25) is 0 Å². The summed E-state index contributed by atoms with van der Waals surface area (Å²) >= 11 is 1.54. The second-order valence-corrected chi connectivity index (χ2v) is 16.7. The van der Waals surface area contributed by atoms with Crippen LogP contribution < -0.4 is 31.4 Å². The molecule has 1 saturated carbocycles. The highest BCUT2D eigenvalue weighted by molar-refractivity contribution is 7.21. The largest absolute Gasteiger partial charge is 0.381 e. The second-order valence-electron chi connectivity index (χ2n) is 15.7. The molecular weight excluding hydrogens is 691 g/mol. The van der Waals surface area contributed by atoms with Gasteiger partial charge >= 0.3 is 5.69 Å². The molecule has 4 aliphatic heterocycles. The Hall–Kier alpha value is -4.95. The Morgan fingerprint density at radius 2 is 1.68 bits per heavy atom. The van der Waals surface area contributed by atoms with E-state index >= 15 is 0 Å². The number of thiophene rings is 1. The van der Waals surface area contributed by atoms with Gasteiger partial charge in [0.05, 0.1) is 22.2 Å². The third-order valence-electron chi connectivity index (χ3n) is 12.5. The average molecular weight is 734 g/mol. The number of carbonyl (C=O) groups excluding carboxylic acids is 3. The van der Waals surface area contributed by atoms with E-state index in [0.29, 0.717) is 30.8 Å². The molecule has 274 valence electrons. The van der Waals surface area contributed by atoms with Gasteiger partial charge in [0.25, 0.3) is 5.91 Å². The number of piperidine rings is 1. The molecule has 10 rings (SSSR count). The topological polar surface area (TPSA) is 137 Å². The molecule has 2 aromatic carbocycles. The summed E-state index contributed by atoms with van der Waals surface area (Å²) in [4.78, 5) is 63.9. The predicted molar refractivity (Wildman–Crippen MR) is 207 cm³/mol. The number of hydrogen-bond donors (Lipinski definition) is 3. The van der Waals surface area contributed by atoms with E-state index in [2.05, 4.69) is 67.0 Å². The highest BCUT2D eigenvalue weighted by Crippen LogP contribution is 2.43. The van der Waals surface area contributed by atoms with Crippen LogP contribution in [0.25, 0.3) is 32.0 Å². The van der Waals surface area contributed by atoms with Gasteiger partial charge in [0.1, 0.15) is 16.7 Å². The molecule has 5 aliphatic rings. The van der Waals surface area contributed by atoms with E-state index in [-0.39, 0.29) is 30.0 Å². The van der Waals surface area contributed by atoms with Gasteiger partial charge in [0.15, 0.2) is 0 Å². The lowest BCUT2D eigenvalue weighted by Gasteiger charge is -2.39. The molecule has 0 radical (unpaired) electrons. The van der Waals surface area contributed by atoms with Gasteiger partial charge in [0.2, 0.25) is 11.8 Å². The van der Waals surface area contributed by atoms with Crippen molar-refractivity contribution in [2.75, 3.05) is 60.9 Å². The summed E-state index contributed by atoms with van der Waals surface area (Å²) < 4.78 is 4.27. The van der Waals surface area contributed by atoms with E-state index in [4.69, 9.17) is 4.98 Å². The van der Waals surface area contributed by atoms with E-state index in [1.165, 1.54) is 12.8 Å². The Morgan fingerprint density at radius 3 is 2.45 bits per heavy atom. The summed E-state index contributed by atoms with van der Waals surface area (Å²) in [5, 5.41) is 11.2. The first-order valence-corrected chi connectivity index (χ1v) is 19.7. The third kappa shape index (κ3) is 5.31. The van der Waals surface area contributed by atoms with Gasteiger partial charge in [-0.25, -0.2) is 9.78 Å². The molecule has 4 fully saturated rings. The number of nitrogens with one attached hydrogen (secondary N) is 3. The molecule has 3 aromatic heterocycles. The number of amides is 3. The normalized spacial score (nSPS) is 26.5. The fraction of sp³-hybridized carbons (Fsp3) is 0.462. The van der Waals surface area contributed by atoms with Crippen LogP contribution in [0.15, 0.2) is 47.3 Å². The number of aryl methyl sites for hydroxylation is 1. The zero-order chi connectivity index (χ0) is 36.1. The number of imide groups is 1. The molecule has 7 heterocycles. The molecule has 3 saturated heterocycles. The third-order valence-corrected chi connectivity index (χ3v) is 13.7. The number of benzene rings is 2. The lowest BCUT2D eigenvalue weighted by molar-refractivity contribution is -0.135. The van der Waals surface area contributed by atoms with Crippen LogP contribution in [-0.2, 0) is 16.6 Å². The highest BCUT2D eigenvalue weighted by atomic mass is 32.1. The molecule has 13 nitrogen and oxygen atoms in total. The Balaban J connectivity index is 0.790. The number of imidazole rings is 1. The maximum absolute atomic E-state index is 13.3. The first kappa shape index (κ1) is 32.7. The van der Waals surface area contributed by atoms with Crippen LogP contribution >= 0.6 is 11.3 Å². The lowest BCUT2D eigenvalue weighted by Crippen LogP contribution is -2.50. The minimum absolute atomic E-state index is 0.00930. The molecule has 0 spiro atoms. The first-order valence-electron chi connectivity index (χ1n) is 18.9. The van der Waals surface area contributed by atoms with Crippen LogP contribution in [0.1, 0.15) is 48.3 Å². The minimum Gasteiger partial charge on any atom is -0.381 e. The van der Waals surface area contributed by atoms with Crippen LogP contribution in [-0.4, -0.2) is 94.6 Å². The first-order chi connectivity index (χ1) is 25.7. The van der Waals surface area contributed by atoms with Gasteiger partial charge in [0, 0.05) is 92.5 Å². The van der Waals surface area contributed by atoms with Crippen molar-refractivity contribution >= 4 is 78.3 Å². The van der Waals surface area contributed by atoms with Gasteiger partial charge in [-0.3, -0.25) is 33.7 Å². The van der Waals surface area contributed by atoms with Crippen LogP contribution in [0.5, 0.6) is 0 Å². The maximum atomic E-state index is 13.3. The van der Waals surface area contributed by atoms with Crippen molar-refractivity contribution in [3.05, 3.63) is 57.8 Å². The smallest absolute Gasteiger partial charge is 0.329 e. The van der Waals surface area contributed by atoms with E-state index in [1.807, 2.05) is 13.0 Å². The summed E-state index contributed by atoms with van der Waals surface area (Å²) in [7, 11) is 1.76. The molecule has 0 bridgehead atoms. The van der Waals surface area contributed by atoms with E-state index in [9.17, 15) is 19.2 Å². The van der Waals surface area contributed by atoms with Gasteiger partial charge in [-0.1, -0.05) is 0 Å². The summed E-state index contributed by atoms with van der Waals surface area (Å²) in [5.41, 5.74) is 4.30. The molecule has 3 amide bonds. The number of aromatic nitrogens is 3. The number of carbonyl (C=O) groups is 3. The number of piperazine rings is 1. The standard InChI is InChI=1S/C39H43N9O4S/c1-21-18-40-35-34-26-4-9-32(42-27(26)5-8-31(34)53-36(35)38(51)41-21)46-13-11-45(12-14-46)25-15-22-19-47(20-23(22)16-25)24-3-6-28-30(17-24)44(2)39(52)48(28)29-7-10-33(49)43-37(29)50/h3-6,8-9,17,21-23,25,29,40H,7,10-16,18-20H2,1-2H3,(H,41,51)(H,43,49,50)/t21-,22?,23?,25?,29?/m1/s1. The summed E-state index contributed by atoms with van der Waals surface area (Å²) in [5.74, 6) is 1.59. The van der Waals surface area contributed by atoms with E-state index in [1.54, 1.807) is 27.5 Å². The lowest BCUT2D eigenvalue weighted by atomic mass is 10.0. The van der Waals surface area contributed by atoms with Crippen molar-refractivity contribution in [1.29, 1.82) is 0 Å². The molecule has 3 N–H and O–H groups in total. The van der Waals surface area contributed by atoms with Crippen LogP contribution in [0, 0.1) is 11.8 Å². The average Bonchev–Trinajstić information content (AvgIpc) is 3.89. The number of anilines is 3. The quantitative estimate of drug-likeness (QED) is 0.237. The Kier molecular flexibility index (Phi) is 7.59. The van der Waals surface area contributed by atoms with Gasteiger partial charge in [-0.05, 0) is 80.5 Å². The van der Waals surface area contributed by atoms with Crippen molar-refractivity contribution in [1.82, 2.24) is 29.7 Å². The summed E-state index contributed by atoms with van der Waals surface area (Å²) in [6.45, 7) is 8.68. The molecule has 1 aliphatic carbocycles. The Labute approximate surface area is 309 Å². The number of fused-ring (bicyclic) bond motifs is 7. The van der Waals surface area contributed by atoms with Crippen molar-refractivity contribution in [2.24, 2.45) is 18.9 Å². The molecule has 53 heavy (non-hydrogen) atoms. The highest BCUT2D eigenvalue weighted by Gasteiger charge is 2.43. The summed E-state index contributed by atoms with van der Waals surface area (Å²) in [6.07, 6.45) is 2.97. The minimum atomic E-state index is -0.676. The zero-order valence-corrected chi connectivity index (χ0v) is 30.7. The van der Waals surface area contributed by atoms with Crippen molar-refractivity contribution < 1.29 is 14.4 Å². The molecule has 3 unspecified atom stereocenters.